The smallest absolute Gasteiger partial charge is 0.0232 e. The van der Waals surface area contributed by atoms with Crippen LogP contribution < -0.4 is 0 Å². The van der Waals surface area contributed by atoms with Gasteiger partial charge in [-0.2, -0.15) is 0 Å². The lowest BCUT2D eigenvalue weighted by Crippen LogP contribution is -2.03. The van der Waals surface area contributed by atoms with Gasteiger partial charge in [0.1, 0.15) is 0 Å². The van der Waals surface area contributed by atoms with Crippen molar-refractivity contribution in [3.8, 4) is 0 Å². The van der Waals surface area contributed by atoms with Crippen LogP contribution in [0.2, 0.25) is 0 Å². The zero-order valence-electron chi connectivity index (χ0n) is 11.6. The molecule has 0 heterocycles. The van der Waals surface area contributed by atoms with Crippen molar-refractivity contribution in [1.29, 1.82) is 0 Å². The van der Waals surface area contributed by atoms with Gasteiger partial charge in [-0.3, -0.25) is 0 Å². The molecule has 0 aromatic rings. The molecule has 2 unspecified atom stereocenters. The van der Waals surface area contributed by atoms with Gasteiger partial charge in [0.2, 0.25) is 0 Å². The molecule has 0 amide bonds. The fourth-order valence-electron chi connectivity index (χ4n) is 1.80. The molecule has 0 rings (SSSR count). The van der Waals surface area contributed by atoms with Gasteiger partial charge in [-0.05, 0) is 43.9 Å². The monoisotopic (exact) mass is 210 g/mol. The second-order valence-electron chi connectivity index (χ2n) is 5.57. The van der Waals surface area contributed by atoms with E-state index in [0.717, 1.165) is 17.8 Å². The number of hydrogen-bond donors (Lipinski definition) is 0. The van der Waals surface area contributed by atoms with Gasteiger partial charge in [0, 0.05) is 0 Å². The molecule has 0 aliphatic heterocycles. The van der Waals surface area contributed by atoms with Crippen LogP contribution in [0.4, 0.5) is 0 Å². The largest absolute Gasteiger partial charge is 0.0853 e. The molecular weight excluding hydrogens is 180 g/mol. The fraction of sp³-hybridized carbons (Fsp3) is 0.867. The molecule has 0 radical (unpaired) electrons. The molecule has 0 nitrogen and oxygen atoms in total. The summed E-state index contributed by atoms with van der Waals surface area (Å²) in [5.74, 6) is 2.47. The molecule has 0 spiro atoms. The minimum Gasteiger partial charge on any atom is -0.0853 e. The minimum absolute atomic E-state index is 0.770. The molecule has 15 heavy (non-hydrogen) atoms. The van der Waals surface area contributed by atoms with Gasteiger partial charge in [-0.1, -0.05) is 52.7 Å². The SMILES string of the molecule is CCC(C)CC(C)C(C)=CCCC(C)C. The summed E-state index contributed by atoms with van der Waals surface area (Å²) in [5, 5.41) is 0. The summed E-state index contributed by atoms with van der Waals surface area (Å²) in [5.41, 5.74) is 1.59. The molecule has 0 aliphatic carbocycles. The summed E-state index contributed by atoms with van der Waals surface area (Å²) in [7, 11) is 0. The summed E-state index contributed by atoms with van der Waals surface area (Å²) >= 11 is 0. The molecule has 0 aromatic carbocycles. The van der Waals surface area contributed by atoms with Crippen molar-refractivity contribution in [1.82, 2.24) is 0 Å². The van der Waals surface area contributed by atoms with E-state index in [2.05, 4.69) is 47.6 Å². The van der Waals surface area contributed by atoms with Crippen LogP contribution in [0.5, 0.6) is 0 Å². The Balaban J connectivity index is 3.90. The van der Waals surface area contributed by atoms with Crippen LogP contribution >= 0.6 is 0 Å². The fourth-order valence-corrected chi connectivity index (χ4v) is 1.80. The van der Waals surface area contributed by atoms with Crippen LogP contribution in [0.15, 0.2) is 11.6 Å². The lowest BCUT2D eigenvalue weighted by atomic mass is 9.89. The van der Waals surface area contributed by atoms with Gasteiger partial charge in [0.05, 0.1) is 0 Å². The average Bonchev–Trinajstić information content (AvgIpc) is 2.16. The van der Waals surface area contributed by atoms with Crippen molar-refractivity contribution in [2.75, 3.05) is 0 Å². The zero-order valence-corrected chi connectivity index (χ0v) is 11.6. The highest BCUT2D eigenvalue weighted by molar-refractivity contribution is 5.02. The summed E-state index contributed by atoms with van der Waals surface area (Å²) in [4.78, 5) is 0. The van der Waals surface area contributed by atoms with Crippen molar-refractivity contribution in [2.45, 2.75) is 67.2 Å². The Morgan fingerprint density at radius 3 is 2.20 bits per heavy atom. The quantitative estimate of drug-likeness (QED) is 0.491. The van der Waals surface area contributed by atoms with Crippen LogP contribution in [-0.2, 0) is 0 Å². The van der Waals surface area contributed by atoms with E-state index in [4.69, 9.17) is 0 Å². The third-order valence-corrected chi connectivity index (χ3v) is 3.44. The Labute approximate surface area is 97.2 Å². The van der Waals surface area contributed by atoms with Gasteiger partial charge in [-0.25, -0.2) is 0 Å². The van der Waals surface area contributed by atoms with Crippen molar-refractivity contribution in [3.63, 3.8) is 0 Å². The Bertz CT molecular complexity index is 176. The summed E-state index contributed by atoms with van der Waals surface area (Å²) in [6.07, 6.45) is 7.69. The van der Waals surface area contributed by atoms with Crippen LogP contribution in [0, 0.1) is 17.8 Å². The van der Waals surface area contributed by atoms with E-state index in [0.29, 0.717) is 0 Å². The van der Waals surface area contributed by atoms with Crippen molar-refractivity contribution in [2.24, 2.45) is 17.8 Å². The molecule has 2 atom stereocenters. The average molecular weight is 210 g/mol. The molecule has 90 valence electrons. The van der Waals surface area contributed by atoms with E-state index >= 15 is 0 Å². The van der Waals surface area contributed by atoms with E-state index in [1.807, 2.05) is 0 Å². The van der Waals surface area contributed by atoms with Crippen LogP contribution in [0.1, 0.15) is 67.2 Å². The number of rotatable bonds is 7. The summed E-state index contributed by atoms with van der Waals surface area (Å²) in [6, 6.07) is 0. The first kappa shape index (κ1) is 14.7. The van der Waals surface area contributed by atoms with E-state index in [9.17, 15) is 0 Å². The van der Waals surface area contributed by atoms with E-state index < -0.39 is 0 Å². The van der Waals surface area contributed by atoms with E-state index in [1.54, 1.807) is 5.57 Å². The first-order valence-corrected chi connectivity index (χ1v) is 6.64. The van der Waals surface area contributed by atoms with Crippen LogP contribution in [0.25, 0.3) is 0 Å². The second-order valence-corrected chi connectivity index (χ2v) is 5.57. The van der Waals surface area contributed by atoms with Crippen LogP contribution in [-0.4, -0.2) is 0 Å². The highest BCUT2D eigenvalue weighted by Gasteiger charge is 2.08. The Morgan fingerprint density at radius 1 is 1.13 bits per heavy atom. The third kappa shape index (κ3) is 7.64. The number of allylic oxidation sites excluding steroid dienone is 2. The predicted octanol–water partition coefficient (Wildman–Crippen LogP) is 5.44. The van der Waals surface area contributed by atoms with E-state index in [-0.39, 0.29) is 0 Å². The maximum Gasteiger partial charge on any atom is -0.0232 e. The number of hydrogen-bond acceptors (Lipinski definition) is 0. The highest BCUT2D eigenvalue weighted by Crippen LogP contribution is 2.22. The Morgan fingerprint density at radius 2 is 1.73 bits per heavy atom. The summed E-state index contributed by atoms with van der Waals surface area (Å²) < 4.78 is 0. The minimum atomic E-state index is 0.770. The van der Waals surface area contributed by atoms with Crippen molar-refractivity contribution >= 4 is 0 Å². The molecule has 0 aromatic heterocycles. The lowest BCUT2D eigenvalue weighted by molar-refractivity contribution is 0.441. The van der Waals surface area contributed by atoms with Gasteiger partial charge in [-0.15, -0.1) is 0 Å². The zero-order chi connectivity index (χ0) is 11.8. The maximum absolute atomic E-state index is 2.45. The Hall–Kier alpha value is -0.260. The van der Waals surface area contributed by atoms with Gasteiger partial charge >= 0.3 is 0 Å². The molecule has 0 saturated carbocycles. The Kier molecular flexibility index (Phi) is 7.82. The third-order valence-electron chi connectivity index (χ3n) is 3.44. The molecular formula is C15H30. The first-order valence-electron chi connectivity index (χ1n) is 6.64. The first-order chi connectivity index (χ1) is 6.97. The molecule has 0 saturated heterocycles. The standard InChI is InChI=1S/C15H30/c1-7-13(4)11-15(6)14(5)10-8-9-12(2)3/h10,12-13,15H,7-9,11H2,1-6H3. The topological polar surface area (TPSA) is 0 Å². The predicted molar refractivity (Wildman–Crippen MR) is 71.1 cm³/mol. The maximum atomic E-state index is 2.45. The van der Waals surface area contributed by atoms with Gasteiger partial charge < -0.3 is 0 Å². The van der Waals surface area contributed by atoms with E-state index in [1.165, 1.54) is 25.7 Å². The molecule has 0 heteroatoms. The lowest BCUT2D eigenvalue weighted by Gasteiger charge is -2.16. The molecule has 0 bridgehead atoms. The van der Waals surface area contributed by atoms with Crippen molar-refractivity contribution in [3.05, 3.63) is 11.6 Å². The second kappa shape index (κ2) is 7.96. The molecule has 0 fully saturated rings. The molecule has 0 aliphatic rings. The summed E-state index contributed by atoms with van der Waals surface area (Å²) in [6.45, 7) is 13.9. The van der Waals surface area contributed by atoms with Crippen LogP contribution in [0.3, 0.4) is 0 Å². The van der Waals surface area contributed by atoms with Gasteiger partial charge in [0.15, 0.2) is 0 Å². The van der Waals surface area contributed by atoms with Crippen molar-refractivity contribution < 1.29 is 0 Å². The molecule has 0 N–H and O–H groups in total. The van der Waals surface area contributed by atoms with Gasteiger partial charge in [0.25, 0.3) is 0 Å². The highest BCUT2D eigenvalue weighted by atomic mass is 14.1. The normalized spacial score (nSPS) is 16.9.